The van der Waals surface area contributed by atoms with Crippen molar-refractivity contribution >= 4 is 0 Å². The van der Waals surface area contributed by atoms with Gasteiger partial charge < -0.3 is 10.3 Å². The highest BCUT2D eigenvalue weighted by Crippen LogP contribution is 2.30. The lowest BCUT2D eigenvalue weighted by molar-refractivity contribution is 0.253. The van der Waals surface area contributed by atoms with Crippen molar-refractivity contribution in [1.82, 2.24) is 10.1 Å². The van der Waals surface area contributed by atoms with Gasteiger partial charge >= 0.3 is 0 Å². The fraction of sp³-hybridized carbons (Fsp3) is 0.429. The van der Waals surface area contributed by atoms with Crippen LogP contribution < -0.4 is 5.73 Å². The molecule has 1 aromatic heterocycles. The maximum atomic E-state index is 13.4. The number of hydrogen-bond donors (Lipinski definition) is 1. The average molecular weight is 263 g/mol. The van der Waals surface area contributed by atoms with Crippen LogP contribution in [0, 0.1) is 18.2 Å². The average Bonchev–Trinajstić information content (AvgIpc) is 2.74. The Morgan fingerprint density at radius 1 is 1.26 bits per heavy atom. The van der Waals surface area contributed by atoms with Crippen molar-refractivity contribution in [2.75, 3.05) is 0 Å². The topological polar surface area (TPSA) is 64.9 Å². The molecule has 0 saturated heterocycles. The summed E-state index contributed by atoms with van der Waals surface area (Å²) >= 11 is 0. The lowest BCUT2D eigenvalue weighted by Crippen LogP contribution is -2.26. The summed E-state index contributed by atoms with van der Waals surface area (Å²) in [4.78, 5) is 4.26. The Morgan fingerprint density at radius 2 is 1.95 bits per heavy atom. The van der Waals surface area contributed by atoms with Crippen LogP contribution in [0.5, 0.6) is 0 Å². The number of aromatic nitrogens is 2. The van der Waals surface area contributed by atoms with Gasteiger partial charge in [-0.05, 0) is 36.1 Å². The van der Waals surface area contributed by atoms with E-state index in [1.54, 1.807) is 6.07 Å². The molecule has 1 atom stereocenters. The molecule has 0 amide bonds. The van der Waals surface area contributed by atoms with Crippen molar-refractivity contribution in [2.45, 2.75) is 33.7 Å². The van der Waals surface area contributed by atoms with E-state index in [9.17, 15) is 4.39 Å². The highest BCUT2D eigenvalue weighted by Gasteiger charge is 2.27. The molecule has 0 saturated carbocycles. The van der Waals surface area contributed by atoms with Crippen LogP contribution in [0.2, 0.25) is 0 Å². The second kappa shape index (κ2) is 4.74. The zero-order chi connectivity index (χ0) is 14.2. The molecule has 0 spiro atoms. The summed E-state index contributed by atoms with van der Waals surface area (Å²) in [6.07, 6.45) is 0. The van der Waals surface area contributed by atoms with E-state index in [0.29, 0.717) is 17.3 Å². The van der Waals surface area contributed by atoms with Gasteiger partial charge in [0.25, 0.3) is 0 Å². The predicted octanol–water partition coefficient (Wildman–Crippen LogP) is 3.23. The van der Waals surface area contributed by atoms with Gasteiger partial charge in [-0.1, -0.05) is 25.9 Å². The van der Waals surface area contributed by atoms with Gasteiger partial charge in [-0.3, -0.25) is 0 Å². The molecule has 2 aromatic rings. The first-order chi connectivity index (χ1) is 8.77. The molecular weight excluding hydrogens is 245 g/mol. The van der Waals surface area contributed by atoms with Crippen LogP contribution in [-0.2, 0) is 0 Å². The van der Waals surface area contributed by atoms with Crippen LogP contribution in [0.15, 0.2) is 22.7 Å². The fourth-order valence-electron chi connectivity index (χ4n) is 1.71. The molecule has 19 heavy (non-hydrogen) atoms. The van der Waals surface area contributed by atoms with Gasteiger partial charge in [-0.25, -0.2) is 4.39 Å². The maximum Gasteiger partial charge on any atom is 0.244 e. The van der Waals surface area contributed by atoms with E-state index < -0.39 is 0 Å². The molecule has 1 aromatic carbocycles. The first kappa shape index (κ1) is 13.7. The maximum absolute atomic E-state index is 13.4. The second-order valence-corrected chi connectivity index (χ2v) is 5.82. The number of halogens is 1. The minimum Gasteiger partial charge on any atom is -0.337 e. The van der Waals surface area contributed by atoms with E-state index in [2.05, 4.69) is 10.1 Å². The summed E-state index contributed by atoms with van der Waals surface area (Å²) in [6, 6.07) is 4.28. The first-order valence-electron chi connectivity index (χ1n) is 6.14. The third kappa shape index (κ3) is 2.98. The number of hydrogen-bond acceptors (Lipinski definition) is 4. The Labute approximate surface area is 111 Å². The molecule has 0 aliphatic carbocycles. The zero-order valence-electron chi connectivity index (χ0n) is 11.6. The van der Waals surface area contributed by atoms with Crippen LogP contribution in [0.3, 0.4) is 0 Å². The van der Waals surface area contributed by atoms with E-state index in [0.717, 1.165) is 5.56 Å². The zero-order valence-corrected chi connectivity index (χ0v) is 11.6. The molecule has 0 fully saturated rings. The molecular formula is C14H18FN3O. The molecule has 4 nitrogen and oxygen atoms in total. The van der Waals surface area contributed by atoms with Crippen molar-refractivity contribution in [3.63, 3.8) is 0 Å². The van der Waals surface area contributed by atoms with Crippen LogP contribution >= 0.6 is 0 Å². The summed E-state index contributed by atoms with van der Waals surface area (Å²) in [5, 5.41) is 3.87. The van der Waals surface area contributed by atoms with Crippen LogP contribution in [-0.4, -0.2) is 10.1 Å². The van der Waals surface area contributed by atoms with Crippen molar-refractivity contribution in [3.8, 4) is 11.4 Å². The fourth-order valence-corrected chi connectivity index (χ4v) is 1.71. The molecule has 2 N–H and O–H groups in total. The van der Waals surface area contributed by atoms with Gasteiger partial charge in [0, 0.05) is 5.56 Å². The van der Waals surface area contributed by atoms with Gasteiger partial charge in [0.2, 0.25) is 11.7 Å². The van der Waals surface area contributed by atoms with Crippen LogP contribution in [0.4, 0.5) is 4.39 Å². The molecule has 1 unspecified atom stereocenters. The van der Waals surface area contributed by atoms with E-state index in [1.165, 1.54) is 12.1 Å². The van der Waals surface area contributed by atoms with Crippen molar-refractivity contribution < 1.29 is 8.91 Å². The molecule has 1 heterocycles. The Balaban J connectivity index is 2.36. The van der Waals surface area contributed by atoms with Crippen LogP contribution in [0.1, 0.15) is 38.3 Å². The molecule has 102 valence electrons. The van der Waals surface area contributed by atoms with E-state index in [-0.39, 0.29) is 17.3 Å². The summed E-state index contributed by atoms with van der Waals surface area (Å²) in [7, 11) is 0. The number of nitrogens with zero attached hydrogens (tertiary/aromatic N) is 2. The number of aryl methyl sites for hydroxylation is 1. The Hall–Kier alpha value is -1.75. The SMILES string of the molecule is Cc1cc(F)cc(-c2noc(C(N)C(C)(C)C)n2)c1. The minimum atomic E-state index is -0.358. The van der Waals surface area contributed by atoms with Gasteiger partial charge in [-0.15, -0.1) is 0 Å². The number of rotatable bonds is 2. The van der Waals surface area contributed by atoms with E-state index >= 15 is 0 Å². The highest BCUT2D eigenvalue weighted by molar-refractivity contribution is 5.55. The minimum absolute atomic E-state index is 0.179. The second-order valence-electron chi connectivity index (χ2n) is 5.82. The van der Waals surface area contributed by atoms with Crippen molar-refractivity contribution in [1.29, 1.82) is 0 Å². The van der Waals surface area contributed by atoms with E-state index in [1.807, 2.05) is 27.7 Å². The van der Waals surface area contributed by atoms with E-state index in [4.69, 9.17) is 10.3 Å². The number of nitrogens with two attached hydrogens (primary N) is 1. The molecule has 2 rings (SSSR count). The standard InChI is InChI=1S/C14H18FN3O/c1-8-5-9(7-10(15)6-8)12-17-13(19-18-12)11(16)14(2,3)4/h5-7,11H,16H2,1-4H3. The summed E-state index contributed by atoms with van der Waals surface area (Å²) in [5.74, 6) is 0.406. The Kier molecular flexibility index (Phi) is 3.41. The highest BCUT2D eigenvalue weighted by atomic mass is 19.1. The lowest BCUT2D eigenvalue weighted by Gasteiger charge is -2.23. The van der Waals surface area contributed by atoms with Crippen molar-refractivity contribution in [3.05, 3.63) is 35.5 Å². The quantitative estimate of drug-likeness (QED) is 0.903. The van der Waals surface area contributed by atoms with Gasteiger partial charge in [0.1, 0.15) is 5.82 Å². The molecule has 0 radical (unpaired) electrons. The summed E-state index contributed by atoms with van der Waals surface area (Å²) in [5.41, 5.74) is 7.27. The first-order valence-corrected chi connectivity index (χ1v) is 6.14. The van der Waals surface area contributed by atoms with Crippen LogP contribution in [0.25, 0.3) is 11.4 Å². The Bertz CT molecular complexity index is 566. The molecule has 5 heteroatoms. The van der Waals surface area contributed by atoms with Gasteiger partial charge in [-0.2, -0.15) is 4.98 Å². The predicted molar refractivity (Wildman–Crippen MR) is 70.8 cm³/mol. The third-order valence-electron chi connectivity index (χ3n) is 2.94. The smallest absolute Gasteiger partial charge is 0.244 e. The molecule has 0 bridgehead atoms. The normalized spacial score (nSPS) is 13.6. The van der Waals surface area contributed by atoms with Gasteiger partial charge in [0.15, 0.2) is 0 Å². The third-order valence-corrected chi connectivity index (χ3v) is 2.94. The monoisotopic (exact) mass is 263 g/mol. The largest absolute Gasteiger partial charge is 0.337 e. The van der Waals surface area contributed by atoms with Crippen molar-refractivity contribution in [2.24, 2.45) is 11.1 Å². The number of benzene rings is 1. The molecule has 0 aliphatic heterocycles. The summed E-state index contributed by atoms with van der Waals surface area (Å²) in [6.45, 7) is 7.80. The Morgan fingerprint density at radius 3 is 2.53 bits per heavy atom. The lowest BCUT2D eigenvalue weighted by atomic mass is 9.87. The van der Waals surface area contributed by atoms with Gasteiger partial charge in [0.05, 0.1) is 6.04 Å². The molecule has 0 aliphatic rings. The summed E-state index contributed by atoms with van der Waals surface area (Å²) < 4.78 is 18.5.